The van der Waals surface area contributed by atoms with Crippen LogP contribution in [0.5, 0.6) is 0 Å². The number of aromatic nitrogens is 2. The van der Waals surface area contributed by atoms with E-state index in [4.69, 9.17) is 0 Å². The Morgan fingerprint density at radius 2 is 2.10 bits per heavy atom. The van der Waals surface area contributed by atoms with Crippen LogP contribution in [0.25, 0.3) is 11.0 Å². The summed E-state index contributed by atoms with van der Waals surface area (Å²) in [6, 6.07) is 8.19. The molecule has 0 saturated carbocycles. The summed E-state index contributed by atoms with van der Waals surface area (Å²) in [5.74, 6) is 0. The van der Waals surface area contributed by atoms with Gasteiger partial charge in [0.2, 0.25) is 0 Å². The van der Waals surface area contributed by atoms with E-state index in [1.54, 1.807) is 0 Å². The van der Waals surface area contributed by atoms with Gasteiger partial charge in [0.1, 0.15) is 0 Å². The van der Waals surface area contributed by atoms with Gasteiger partial charge in [-0.1, -0.05) is 0 Å². The molecule has 0 bridgehead atoms. The van der Waals surface area contributed by atoms with Crippen LogP contribution in [0.15, 0.2) is 30.6 Å². The van der Waals surface area contributed by atoms with Gasteiger partial charge >= 0.3 is 75.1 Å². The number of imidazole rings is 1. The number of benzene rings is 1. The van der Waals surface area contributed by atoms with Crippen molar-refractivity contribution in [2.45, 2.75) is 0 Å². The van der Waals surface area contributed by atoms with E-state index >= 15 is 0 Å². The van der Waals surface area contributed by atoms with E-state index in [1.165, 1.54) is 5.52 Å². The van der Waals surface area contributed by atoms with Gasteiger partial charge in [-0.3, -0.25) is 0 Å². The van der Waals surface area contributed by atoms with Crippen LogP contribution in [0, 0.1) is 0 Å². The Balaban J connectivity index is 2.93. The minimum atomic E-state index is 0.817. The van der Waals surface area contributed by atoms with E-state index < -0.39 is 0 Å². The second-order valence-corrected chi connectivity index (χ2v) is 4.30. The van der Waals surface area contributed by atoms with Crippen LogP contribution < -0.4 is 0 Å². The molecule has 48 valence electrons. The number of nitrogens with zero attached hydrogens (tertiary/aromatic N) is 2. The Morgan fingerprint density at radius 3 is 2.90 bits per heavy atom. The van der Waals surface area contributed by atoms with Gasteiger partial charge in [-0.2, -0.15) is 0 Å². The molecular weight excluding hydrogens is 319 g/mol. The maximum absolute atomic E-state index is 4.22. The first kappa shape index (κ1) is 6.33. The van der Waals surface area contributed by atoms with Crippen molar-refractivity contribution < 1.29 is 0 Å². The standard InChI is InChI=1S/C7H5N2.Pb.H/c1-2-4-7-6(3-1)8-5-9-7;;/h1-5H;;/q-1;+1;. The van der Waals surface area contributed by atoms with Crippen LogP contribution in [0.2, 0.25) is 0 Å². The van der Waals surface area contributed by atoms with Crippen molar-refractivity contribution in [2.24, 2.45) is 0 Å². The van der Waals surface area contributed by atoms with Crippen molar-refractivity contribution in [1.82, 2.24) is 7.36 Å². The quantitative estimate of drug-likeness (QED) is 0.652. The second-order valence-electron chi connectivity index (χ2n) is 2.14. The SMILES string of the molecule is [PbH][n]1cnc2ccccc21. The molecule has 0 aliphatic rings. The van der Waals surface area contributed by atoms with E-state index in [0.717, 1.165) is 31.6 Å². The summed E-state index contributed by atoms with van der Waals surface area (Å²) in [6.45, 7) is 0. The van der Waals surface area contributed by atoms with Gasteiger partial charge in [-0.15, -0.1) is 0 Å². The van der Waals surface area contributed by atoms with Crippen LogP contribution in [-0.4, -0.2) is 33.4 Å². The molecular formula is C7H6N2Pb. The van der Waals surface area contributed by atoms with Crippen molar-refractivity contribution in [3.8, 4) is 0 Å². The molecule has 1 aromatic carbocycles. The summed E-state index contributed by atoms with van der Waals surface area (Å²) in [4.78, 5) is 4.22. The molecule has 0 fully saturated rings. The fraction of sp³-hybridized carbons (Fsp3) is 0. The summed E-state index contributed by atoms with van der Waals surface area (Å²) in [7, 11) is 0. The van der Waals surface area contributed by atoms with Crippen LogP contribution >= 0.6 is 0 Å². The molecule has 0 amide bonds. The van der Waals surface area contributed by atoms with Gasteiger partial charge in [0, 0.05) is 0 Å². The molecule has 0 saturated heterocycles. The van der Waals surface area contributed by atoms with Crippen molar-refractivity contribution in [3.05, 3.63) is 30.6 Å². The molecule has 2 rings (SSSR count). The summed E-state index contributed by atoms with van der Waals surface area (Å²) >= 11 is 0.817. The predicted octanol–water partition coefficient (Wildman–Crippen LogP) is 0.700. The zero-order valence-electron chi connectivity index (χ0n) is 5.36. The van der Waals surface area contributed by atoms with Gasteiger partial charge in [0.05, 0.1) is 0 Å². The Hall–Kier alpha value is -0.388. The van der Waals surface area contributed by atoms with Gasteiger partial charge in [-0.25, -0.2) is 0 Å². The Kier molecular flexibility index (Phi) is 1.48. The molecule has 2 nitrogen and oxygen atoms in total. The van der Waals surface area contributed by atoms with E-state index in [2.05, 4.69) is 13.4 Å². The van der Waals surface area contributed by atoms with Crippen LogP contribution in [0.3, 0.4) is 0 Å². The van der Waals surface area contributed by atoms with Crippen molar-refractivity contribution in [3.63, 3.8) is 0 Å². The molecule has 0 atom stereocenters. The van der Waals surface area contributed by atoms with Gasteiger partial charge in [-0.05, 0) is 0 Å². The molecule has 0 unspecified atom stereocenters. The molecule has 0 N–H and O–H groups in total. The van der Waals surface area contributed by atoms with Gasteiger partial charge < -0.3 is 0 Å². The number of rotatable bonds is 0. The summed E-state index contributed by atoms with van der Waals surface area (Å²) in [6.07, 6.45) is 1.90. The Morgan fingerprint density at radius 1 is 1.30 bits per heavy atom. The minimum absolute atomic E-state index is 0.817. The first-order chi connectivity index (χ1) is 4.88. The zero-order chi connectivity index (χ0) is 6.97. The van der Waals surface area contributed by atoms with Crippen molar-refractivity contribution in [2.75, 3.05) is 0 Å². The number of fused-ring (bicyclic) bond motifs is 1. The van der Waals surface area contributed by atoms with Crippen LogP contribution in [0.4, 0.5) is 0 Å². The first-order valence-corrected chi connectivity index (χ1v) is 5.06. The van der Waals surface area contributed by atoms with E-state index in [-0.39, 0.29) is 0 Å². The second kappa shape index (κ2) is 2.34. The summed E-state index contributed by atoms with van der Waals surface area (Å²) in [5.41, 5.74) is 2.36. The summed E-state index contributed by atoms with van der Waals surface area (Å²) < 4.78 is 2.18. The van der Waals surface area contributed by atoms with Gasteiger partial charge in [0.15, 0.2) is 0 Å². The van der Waals surface area contributed by atoms with Crippen molar-refractivity contribution >= 4 is 37.1 Å². The Bertz CT molecular complexity index is 353. The average Bonchev–Trinajstić information content (AvgIpc) is 2.34. The predicted molar refractivity (Wildman–Crippen MR) is 42.3 cm³/mol. The fourth-order valence-corrected chi connectivity index (χ4v) is 2.09. The fourth-order valence-electron chi connectivity index (χ4n) is 0.978. The average molecular weight is 325 g/mol. The third kappa shape index (κ3) is 0.865. The van der Waals surface area contributed by atoms with E-state index in [0.29, 0.717) is 0 Å². The monoisotopic (exact) mass is 326 g/mol. The molecule has 0 aliphatic heterocycles. The number of para-hydroxylation sites is 2. The molecule has 0 aliphatic carbocycles. The molecule has 10 heavy (non-hydrogen) atoms. The van der Waals surface area contributed by atoms with E-state index in [1.807, 2.05) is 24.5 Å². The van der Waals surface area contributed by atoms with Crippen LogP contribution in [0.1, 0.15) is 0 Å². The number of hydrogen-bond donors (Lipinski definition) is 0. The molecule has 0 spiro atoms. The molecule has 2 radical (unpaired) electrons. The van der Waals surface area contributed by atoms with Crippen LogP contribution in [-0.2, 0) is 0 Å². The normalized spacial score (nSPS) is 10.5. The number of hydrogen-bond acceptors (Lipinski definition) is 1. The molecule has 1 aromatic heterocycles. The van der Waals surface area contributed by atoms with Gasteiger partial charge in [0.25, 0.3) is 0 Å². The summed E-state index contributed by atoms with van der Waals surface area (Å²) in [5, 5.41) is 0. The molecule has 3 heteroatoms. The van der Waals surface area contributed by atoms with Crippen molar-refractivity contribution in [1.29, 1.82) is 0 Å². The third-order valence-corrected chi connectivity index (χ3v) is 3.08. The maximum atomic E-state index is 4.22. The molecule has 2 aromatic rings. The van der Waals surface area contributed by atoms with E-state index in [9.17, 15) is 0 Å². The first-order valence-electron chi connectivity index (χ1n) is 3.05. The Labute approximate surface area is 75.0 Å². The topological polar surface area (TPSA) is 17.8 Å². The molecule has 1 heterocycles. The zero-order valence-corrected chi connectivity index (χ0v) is 9.85. The third-order valence-electron chi connectivity index (χ3n) is 1.48.